The van der Waals surface area contributed by atoms with Gasteiger partial charge in [-0.3, -0.25) is 4.79 Å². The molecule has 0 saturated carbocycles. The molecular weight excluding hydrogens is 341 g/mol. The highest BCUT2D eigenvalue weighted by atomic mass is 35.5. The number of rotatable bonds is 3. The van der Waals surface area contributed by atoms with Crippen molar-refractivity contribution in [3.8, 4) is 0 Å². The zero-order chi connectivity index (χ0) is 17.2. The summed E-state index contributed by atoms with van der Waals surface area (Å²) in [4.78, 5) is 11.9. The lowest BCUT2D eigenvalue weighted by Crippen LogP contribution is -2.26. The molecule has 23 heavy (non-hydrogen) atoms. The quantitative estimate of drug-likeness (QED) is 0.808. The number of benzene rings is 2. The van der Waals surface area contributed by atoms with Crippen LogP contribution in [0.2, 0.25) is 5.02 Å². The molecule has 0 fully saturated rings. The highest BCUT2D eigenvalue weighted by Crippen LogP contribution is 2.32. The van der Waals surface area contributed by atoms with E-state index in [0.29, 0.717) is 23.8 Å². The van der Waals surface area contributed by atoms with Crippen molar-refractivity contribution in [1.82, 2.24) is 5.32 Å². The average molecular weight is 350 g/mol. The molecule has 0 atom stereocenters. The Bertz CT molecular complexity index is 745. The van der Waals surface area contributed by atoms with E-state index in [0.717, 1.165) is 12.1 Å². The first-order valence-corrected chi connectivity index (χ1v) is 6.65. The number of carbonyl (C=O) groups is 1. The Balaban J connectivity index is 2.22. The van der Waals surface area contributed by atoms with E-state index in [1.54, 1.807) is 0 Å². The largest absolute Gasteiger partial charge is 0.417 e. The van der Waals surface area contributed by atoms with Gasteiger partial charge in [0.1, 0.15) is 11.6 Å². The molecule has 8 heteroatoms. The summed E-state index contributed by atoms with van der Waals surface area (Å²) in [6.45, 7) is -0.230. The molecule has 0 spiro atoms. The van der Waals surface area contributed by atoms with Crippen LogP contribution in [0.25, 0.3) is 0 Å². The molecule has 0 bridgehead atoms. The first kappa shape index (κ1) is 17.2. The van der Waals surface area contributed by atoms with E-state index in [4.69, 9.17) is 11.6 Å². The maximum Gasteiger partial charge on any atom is 0.417 e. The van der Waals surface area contributed by atoms with Gasteiger partial charge in [-0.05, 0) is 35.9 Å². The van der Waals surface area contributed by atoms with Gasteiger partial charge < -0.3 is 5.32 Å². The Morgan fingerprint density at radius 1 is 1.04 bits per heavy atom. The number of carbonyl (C=O) groups excluding carboxylic acids is 1. The van der Waals surface area contributed by atoms with Crippen molar-refractivity contribution in [2.75, 3.05) is 0 Å². The summed E-state index contributed by atoms with van der Waals surface area (Å²) in [6, 6.07) is 5.01. The number of alkyl halides is 3. The van der Waals surface area contributed by atoms with Gasteiger partial charge in [0.25, 0.3) is 5.91 Å². The summed E-state index contributed by atoms with van der Waals surface area (Å²) in [5.41, 5.74) is -1.77. The van der Waals surface area contributed by atoms with Crippen molar-refractivity contribution in [3.63, 3.8) is 0 Å². The molecule has 0 aliphatic heterocycles. The third-order valence-corrected chi connectivity index (χ3v) is 3.34. The molecule has 0 unspecified atom stereocenters. The van der Waals surface area contributed by atoms with Crippen molar-refractivity contribution in [2.45, 2.75) is 12.7 Å². The van der Waals surface area contributed by atoms with Crippen LogP contribution in [0.4, 0.5) is 22.0 Å². The van der Waals surface area contributed by atoms with Crippen molar-refractivity contribution in [3.05, 3.63) is 69.7 Å². The number of nitrogens with one attached hydrogen (secondary N) is 1. The van der Waals surface area contributed by atoms with Crippen LogP contribution in [0, 0.1) is 11.6 Å². The fourth-order valence-corrected chi connectivity index (χ4v) is 2.12. The van der Waals surface area contributed by atoms with Crippen LogP contribution in [-0.4, -0.2) is 5.91 Å². The minimum atomic E-state index is -4.80. The van der Waals surface area contributed by atoms with E-state index < -0.39 is 34.8 Å². The van der Waals surface area contributed by atoms with Crippen LogP contribution in [0.3, 0.4) is 0 Å². The zero-order valence-corrected chi connectivity index (χ0v) is 12.1. The van der Waals surface area contributed by atoms with E-state index in [2.05, 4.69) is 5.32 Å². The smallest absolute Gasteiger partial charge is 0.348 e. The van der Waals surface area contributed by atoms with Gasteiger partial charge in [-0.1, -0.05) is 17.7 Å². The SMILES string of the molecule is O=C(NCc1ccc(F)cc1Cl)c1cc(F)ccc1C(F)(F)F. The normalized spacial score (nSPS) is 11.4. The number of amides is 1. The molecule has 122 valence electrons. The van der Waals surface area contributed by atoms with Gasteiger partial charge in [-0.2, -0.15) is 13.2 Å². The standard InChI is InChI=1S/C15H9ClF5NO/c16-13-6-10(18)2-1-8(13)7-22-14(23)11-5-9(17)3-4-12(11)15(19,20)21/h1-6H,7H2,(H,22,23). The van der Waals surface area contributed by atoms with Crippen LogP contribution in [0.5, 0.6) is 0 Å². The second kappa shape index (κ2) is 6.54. The molecule has 2 aromatic rings. The van der Waals surface area contributed by atoms with E-state index in [1.165, 1.54) is 6.07 Å². The average Bonchev–Trinajstić information content (AvgIpc) is 2.44. The molecule has 0 radical (unpaired) electrons. The molecule has 0 aliphatic carbocycles. The Labute approximate surface area is 132 Å². The first-order chi connectivity index (χ1) is 10.7. The van der Waals surface area contributed by atoms with Crippen LogP contribution in [-0.2, 0) is 12.7 Å². The summed E-state index contributed by atoms with van der Waals surface area (Å²) in [7, 11) is 0. The second-order valence-corrected chi connectivity index (χ2v) is 5.01. The molecule has 0 aromatic heterocycles. The predicted molar refractivity (Wildman–Crippen MR) is 74.0 cm³/mol. The molecular formula is C15H9ClF5NO. The fraction of sp³-hybridized carbons (Fsp3) is 0.133. The maximum atomic E-state index is 13.2. The summed E-state index contributed by atoms with van der Waals surface area (Å²) >= 11 is 5.76. The molecule has 2 nitrogen and oxygen atoms in total. The molecule has 2 aromatic carbocycles. The summed E-state index contributed by atoms with van der Waals surface area (Å²) < 4.78 is 64.6. The third-order valence-electron chi connectivity index (χ3n) is 2.99. The molecule has 1 amide bonds. The summed E-state index contributed by atoms with van der Waals surface area (Å²) in [6.07, 6.45) is -4.80. The van der Waals surface area contributed by atoms with Gasteiger partial charge in [-0.25, -0.2) is 8.78 Å². The number of hydrogen-bond donors (Lipinski definition) is 1. The minimum Gasteiger partial charge on any atom is -0.348 e. The van der Waals surface area contributed by atoms with Crippen LogP contribution >= 0.6 is 11.6 Å². The van der Waals surface area contributed by atoms with E-state index in [-0.39, 0.29) is 11.6 Å². The van der Waals surface area contributed by atoms with Crippen molar-refractivity contribution in [2.24, 2.45) is 0 Å². The van der Waals surface area contributed by atoms with Crippen LogP contribution in [0.1, 0.15) is 21.5 Å². The van der Waals surface area contributed by atoms with Crippen molar-refractivity contribution in [1.29, 1.82) is 0 Å². The Morgan fingerprint density at radius 3 is 2.26 bits per heavy atom. The lowest BCUT2D eigenvalue weighted by Gasteiger charge is -2.13. The van der Waals surface area contributed by atoms with Gasteiger partial charge in [0.2, 0.25) is 0 Å². The van der Waals surface area contributed by atoms with Gasteiger partial charge in [0, 0.05) is 11.6 Å². The Kier molecular flexibility index (Phi) is 4.89. The maximum absolute atomic E-state index is 13.2. The third kappa shape index (κ3) is 4.19. The lowest BCUT2D eigenvalue weighted by molar-refractivity contribution is -0.138. The second-order valence-electron chi connectivity index (χ2n) is 4.61. The topological polar surface area (TPSA) is 29.1 Å². The van der Waals surface area contributed by atoms with Gasteiger partial charge >= 0.3 is 6.18 Å². The van der Waals surface area contributed by atoms with E-state index >= 15 is 0 Å². The van der Waals surface area contributed by atoms with Gasteiger partial charge in [-0.15, -0.1) is 0 Å². The highest BCUT2D eigenvalue weighted by Gasteiger charge is 2.35. The number of halogens is 6. The van der Waals surface area contributed by atoms with Crippen LogP contribution in [0.15, 0.2) is 36.4 Å². The van der Waals surface area contributed by atoms with E-state index in [1.807, 2.05) is 0 Å². The molecule has 0 heterocycles. The predicted octanol–water partition coefficient (Wildman–Crippen LogP) is 4.57. The lowest BCUT2D eigenvalue weighted by atomic mass is 10.1. The monoisotopic (exact) mass is 349 g/mol. The molecule has 0 aliphatic rings. The first-order valence-electron chi connectivity index (χ1n) is 6.27. The summed E-state index contributed by atoms with van der Waals surface area (Å²) in [5.74, 6) is -2.67. The van der Waals surface area contributed by atoms with Crippen molar-refractivity contribution < 1.29 is 26.7 Å². The highest BCUT2D eigenvalue weighted by molar-refractivity contribution is 6.31. The Morgan fingerprint density at radius 2 is 1.65 bits per heavy atom. The molecule has 0 saturated heterocycles. The minimum absolute atomic E-state index is 0.0144. The van der Waals surface area contributed by atoms with Crippen molar-refractivity contribution >= 4 is 17.5 Å². The Hall–Kier alpha value is -2.15. The van der Waals surface area contributed by atoms with Gasteiger partial charge in [0.05, 0.1) is 11.1 Å². The summed E-state index contributed by atoms with van der Waals surface area (Å²) in [5, 5.41) is 2.22. The number of hydrogen-bond acceptors (Lipinski definition) is 1. The fourth-order valence-electron chi connectivity index (χ4n) is 1.89. The molecule has 1 N–H and O–H groups in total. The zero-order valence-electron chi connectivity index (χ0n) is 11.3. The van der Waals surface area contributed by atoms with Gasteiger partial charge in [0.15, 0.2) is 0 Å². The van der Waals surface area contributed by atoms with Crippen LogP contribution < -0.4 is 5.32 Å². The molecule has 2 rings (SSSR count). The van der Waals surface area contributed by atoms with E-state index in [9.17, 15) is 26.7 Å².